The van der Waals surface area contributed by atoms with Gasteiger partial charge in [0.2, 0.25) is 0 Å². The third-order valence-electron chi connectivity index (χ3n) is 2.32. The number of rotatable bonds is 9. The molecule has 0 spiro atoms. The third kappa shape index (κ3) is 5.52. The van der Waals surface area contributed by atoms with E-state index in [9.17, 15) is 5.26 Å². The second-order valence-electron chi connectivity index (χ2n) is 3.63. The van der Waals surface area contributed by atoms with Crippen LogP contribution < -0.4 is 4.74 Å². The van der Waals surface area contributed by atoms with Crippen LogP contribution in [-0.2, 0) is 9.47 Å². The van der Waals surface area contributed by atoms with E-state index >= 15 is 0 Å². The highest BCUT2D eigenvalue weighted by Gasteiger charge is 2.08. The maximum atomic E-state index is 9.21. The molecule has 0 unspecified atom stereocenters. The van der Waals surface area contributed by atoms with Gasteiger partial charge in [0.15, 0.2) is 0 Å². The van der Waals surface area contributed by atoms with Crippen LogP contribution in [0.2, 0.25) is 0 Å². The summed E-state index contributed by atoms with van der Waals surface area (Å²) in [5, 5.41) is 9.21. The van der Waals surface area contributed by atoms with Crippen molar-refractivity contribution in [1.29, 1.82) is 5.26 Å². The minimum atomic E-state index is 0.429. The van der Waals surface area contributed by atoms with Crippen LogP contribution >= 0.6 is 11.8 Å². The Morgan fingerprint density at radius 1 is 1.21 bits per heavy atom. The van der Waals surface area contributed by atoms with Crippen molar-refractivity contribution in [3.05, 3.63) is 23.8 Å². The van der Waals surface area contributed by atoms with E-state index in [4.69, 9.17) is 14.2 Å². The van der Waals surface area contributed by atoms with E-state index in [1.807, 2.05) is 18.2 Å². The number of thioether (sulfide) groups is 1. The zero-order valence-electron chi connectivity index (χ0n) is 11.3. The minimum absolute atomic E-state index is 0.429. The molecule has 0 aromatic heterocycles. The lowest BCUT2D eigenvalue weighted by molar-refractivity contribution is 0.0543. The van der Waals surface area contributed by atoms with Crippen LogP contribution in [-0.4, -0.2) is 39.3 Å². The van der Waals surface area contributed by atoms with Crippen molar-refractivity contribution in [2.75, 3.05) is 39.3 Å². The normalized spacial score (nSPS) is 10.2. The first-order chi connectivity index (χ1) is 9.33. The molecule has 0 atom stereocenters. The summed E-state index contributed by atoms with van der Waals surface area (Å²) >= 11 is 1.64. The Kier molecular flexibility index (Phi) is 8.07. The number of hydrogen-bond donors (Lipinski definition) is 0. The van der Waals surface area contributed by atoms with Crippen LogP contribution in [0.3, 0.4) is 0 Å². The first kappa shape index (κ1) is 15.8. The Hall–Kier alpha value is -1.22. The highest BCUT2D eigenvalue weighted by Crippen LogP contribution is 2.29. The van der Waals surface area contributed by atoms with Crippen LogP contribution in [0.25, 0.3) is 0 Å². The second-order valence-corrected chi connectivity index (χ2v) is 4.93. The van der Waals surface area contributed by atoms with Crippen LogP contribution in [0.15, 0.2) is 23.1 Å². The SMILES string of the molecule is CCSc1cccc(OCCOCCOC)c1C#N. The Labute approximate surface area is 118 Å². The van der Waals surface area contributed by atoms with Gasteiger partial charge < -0.3 is 14.2 Å². The third-order valence-corrected chi connectivity index (χ3v) is 3.26. The minimum Gasteiger partial charge on any atom is -0.490 e. The lowest BCUT2D eigenvalue weighted by Crippen LogP contribution is -2.10. The lowest BCUT2D eigenvalue weighted by atomic mass is 10.2. The van der Waals surface area contributed by atoms with E-state index in [1.165, 1.54) is 0 Å². The van der Waals surface area contributed by atoms with Crippen molar-refractivity contribution in [1.82, 2.24) is 0 Å². The molecule has 5 heteroatoms. The average Bonchev–Trinajstić information content (AvgIpc) is 2.43. The molecule has 0 amide bonds. The molecule has 0 heterocycles. The molecule has 4 nitrogen and oxygen atoms in total. The van der Waals surface area contributed by atoms with Crippen molar-refractivity contribution in [2.45, 2.75) is 11.8 Å². The van der Waals surface area contributed by atoms with Gasteiger partial charge in [-0.1, -0.05) is 13.0 Å². The van der Waals surface area contributed by atoms with Gasteiger partial charge in [-0.25, -0.2) is 0 Å². The molecular weight excluding hydrogens is 262 g/mol. The number of ether oxygens (including phenoxy) is 3. The van der Waals surface area contributed by atoms with Gasteiger partial charge in [0.25, 0.3) is 0 Å². The highest BCUT2D eigenvalue weighted by atomic mass is 32.2. The molecule has 0 N–H and O–H groups in total. The van der Waals surface area contributed by atoms with Gasteiger partial charge >= 0.3 is 0 Å². The van der Waals surface area contributed by atoms with Crippen molar-refractivity contribution in [2.24, 2.45) is 0 Å². The maximum Gasteiger partial charge on any atom is 0.138 e. The zero-order chi connectivity index (χ0) is 13.9. The van der Waals surface area contributed by atoms with E-state index in [1.54, 1.807) is 18.9 Å². The van der Waals surface area contributed by atoms with Gasteiger partial charge in [0, 0.05) is 12.0 Å². The summed E-state index contributed by atoms with van der Waals surface area (Å²) in [6, 6.07) is 7.86. The summed E-state index contributed by atoms with van der Waals surface area (Å²) in [6.07, 6.45) is 0. The number of benzene rings is 1. The van der Waals surface area contributed by atoms with Crippen LogP contribution in [0.5, 0.6) is 5.75 Å². The smallest absolute Gasteiger partial charge is 0.138 e. The standard InChI is InChI=1S/C14H19NO3S/c1-3-19-14-6-4-5-13(12(14)11-15)18-10-9-17-8-7-16-2/h4-6H,3,7-10H2,1-2H3. The highest BCUT2D eigenvalue weighted by molar-refractivity contribution is 7.99. The predicted molar refractivity (Wildman–Crippen MR) is 75.7 cm³/mol. The predicted octanol–water partition coefficient (Wildman–Crippen LogP) is 2.71. The van der Waals surface area contributed by atoms with Gasteiger partial charge in [-0.05, 0) is 17.9 Å². The summed E-state index contributed by atoms with van der Waals surface area (Å²) in [5.74, 6) is 1.55. The molecule has 0 aliphatic rings. The monoisotopic (exact) mass is 281 g/mol. The summed E-state index contributed by atoms with van der Waals surface area (Å²) in [7, 11) is 1.63. The van der Waals surface area contributed by atoms with E-state index in [2.05, 4.69) is 13.0 Å². The Bertz CT molecular complexity index is 418. The fraction of sp³-hybridized carbons (Fsp3) is 0.500. The van der Waals surface area contributed by atoms with Crippen LogP contribution in [0.1, 0.15) is 12.5 Å². The summed E-state index contributed by atoms with van der Waals surface area (Å²) in [5.41, 5.74) is 0.603. The van der Waals surface area contributed by atoms with Crippen LogP contribution in [0, 0.1) is 11.3 Å². The molecular formula is C14H19NO3S. The van der Waals surface area contributed by atoms with E-state index < -0.39 is 0 Å². The number of nitrogens with zero attached hydrogens (tertiary/aromatic N) is 1. The maximum absolute atomic E-state index is 9.21. The largest absolute Gasteiger partial charge is 0.490 e. The van der Waals surface area contributed by atoms with Gasteiger partial charge in [-0.15, -0.1) is 11.8 Å². The molecule has 104 valence electrons. The number of hydrogen-bond acceptors (Lipinski definition) is 5. The summed E-state index contributed by atoms with van der Waals surface area (Å²) in [6.45, 7) is 4.10. The van der Waals surface area contributed by atoms with Gasteiger partial charge in [0.1, 0.15) is 24.0 Å². The van der Waals surface area contributed by atoms with E-state index in [0.717, 1.165) is 10.6 Å². The molecule has 0 fully saturated rings. The Morgan fingerprint density at radius 3 is 2.68 bits per heavy atom. The van der Waals surface area contributed by atoms with Crippen molar-refractivity contribution < 1.29 is 14.2 Å². The first-order valence-electron chi connectivity index (χ1n) is 6.18. The van der Waals surface area contributed by atoms with Crippen molar-refractivity contribution >= 4 is 11.8 Å². The average molecular weight is 281 g/mol. The molecule has 1 aromatic rings. The van der Waals surface area contributed by atoms with Crippen molar-refractivity contribution in [3.8, 4) is 11.8 Å². The van der Waals surface area contributed by atoms with Gasteiger partial charge in [-0.3, -0.25) is 0 Å². The van der Waals surface area contributed by atoms with Crippen LogP contribution in [0.4, 0.5) is 0 Å². The molecule has 0 radical (unpaired) electrons. The molecule has 0 saturated carbocycles. The van der Waals surface area contributed by atoms with Gasteiger partial charge in [0.05, 0.1) is 19.8 Å². The van der Waals surface area contributed by atoms with Gasteiger partial charge in [-0.2, -0.15) is 5.26 Å². The van der Waals surface area contributed by atoms with E-state index in [0.29, 0.717) is 37.7 Å². The molecule has 0 aliphatic carbocycles. The Morgan fingerprint density at radius 2 is 2.00 bits per heavy atom. The first-order valence-corrected chi connectivity index (χ1v) is 7.17. The van der Waals surface area contributed by atoms with Crippen molar-refractivity contribution in [3.63, 3.8) is 0 Å². The number of nitriles is 1. The quantitative estimate of drug-likeness (QED) is 0.514. The summed E-state index contributed by atoms with van der Waals surface area (Å²) < 4.78 is 15.8. The Balaban J connectivity index is 2.49. The molecule has 0 bridgehead atoms. The molecule has 0 aliphatic heterocycles. The fourth-order valence-electron chi connectivity index (χ4n) is 1.47. The lowest BCUT2D eigenvalue weighted by Gasteiger charge is -2.10. The van der Waals surface area contributed by atoms with E-state index in [-0.39, 0.29) is 0 Å². The second kappa shape index (κ2) is 9.68. The molecule has 19 heavy (non-hydrogen) atoms. The molecule has 1 aromatic carbocycles. The number of methoxy groups -OCH3 is 1. The fourth-order valence-corrected chi connectivity index (χ4v) is 2.25. The molecule has 1 rings (SSSR count). The zero-order valence-corrected chi connectivity index (χ0v) is 12.2. The molecule has 0 saturated heterocycles. The topological polar surface area (TPSA) is 51.5 Å². The summed E-state index contributed by atoms with van der Waals surface area (Å²) in [4.78, 5) is 0.961.